The van der Waals surface area contributed by atoms with Gasteiger partial charge >= 0.3 is 5.97 Å². The van der Waals surface area contributed by atoms with Gasteiger partial charge in [0, 0.05) is 12.8 Å². The zero-order valence-electron chi connectivity index (χ0n) is 54.0. The van der Waals surface area contributed by atoms with Gasteiger partial charge in [0.25, 0.3) is 7.82 Å². The highest BCUT2D eigenvalue weighted by atomic mass is 31.2. The number of hydrogen-bond donors (Lipinski definition) is 1. The lowest BCUT2D eigenvalue weighted by atomic mass is 10.0. The summed E-state index contributed by atoms with van der Waals surface area (Å²) in [5.74, 6) is -0.558. The molecule has 10 heteroatoms. The Morgan fingerprint density at radius 3 is 1.15 bits per heavy atom. The maximum absolute atomic E-state index is 13.6. The summed E-state index contributed by atoms with van der Waals surface area (Å²) in [7, 11) is 1.17. The number of unbranched alkanes of at least 4 members (excludes halogenated alkanes) is 36. The molecule has 0 fully saturated rings. The number of hydrogen-bond acceptors (Lipinski definition) is 7. The van der Waals surface area contributed by atoms with E-state index < -0.39 is 26.6 Å². The third kappa shape index (κ3) is 61.8. The molecule has 0 rings (SSSR count). The van der Waals surface area contributed by atoms with Crippen molar-refractivity contribution in [1.82, 2.24) is 5.32 Å². The number of carbonyl (C=O) groups excluding carboxylic acids is 2. The van der Waals surface area contributed by atoms with Crippen LogP contribution in [0.2, 0.25) is 0 Å². The fraction of sp³-hybridized carbons (Fsp3) is 0.803. The molecule has 0 aliphatic carbocycles. The average molecular weight is 1160 g/mol. The highest BCUT2D eigenvalue weighted by Crippen LogP contribution is 2.38. The molecule has 1 amide bonds. The first-order valence-corrected chi connectivity index (χ1v) is 35.7. The number of nitrogens with one attached hydrogen (secondary N) is 1. The monoisotopic (exact) mass is 1150 g/mol. The van der Waals surface area contributed by atoms with Crippen molar-refractivity contribution in [2.45, 2.75) is 328 Å². The summed E-state index contributed by atoms with van der Waals surface area (Å²) >= 11 is 0. The molecule has 0 aromatic rings. The first kappa shape index (κ1) is 78.5. The molecule has 0 saturated heterocycles. The predicted octanol–water partition coefficient (Wildman–Crippen LogP) is 20.9. The number of likely N-dealkylation sites (N-methyl/N-ethyl adjacent to an activating group) is 1. The number of phosphoric acid groups is 1. The van der Waals surface area contributed by atoms with E-state index in [2.05, 4.69) is 86.8 Å². The van der Waals surface area contributed by atoms with E-state index in [0.29, 0.717) is 23.9 Å². The van der Waals surface area contributed by atoms with E-state index in [0.717, 1.165) is 83.5 Å². The number of rotatable bonds is 62. The molecular formula is C71H131N2O7P. The van der Waals surface area contributed by atoms with Crippen molar-refractivity contribution < 1.29 is 37.3 Å². The summed E-state index contributed by atoms with van der Waals surface area (Å²) in [6, 6.07) is -0.902. The second kappa shape index (κ2) is 60.6. The summed E-state index contributed by atoms with van der Waals surface area (Å²) in [5, 5.41) is 3.03. The Labute approximate surface area is 502 Å². The SMILES string of the molecule is CCCCC/C=C\C/C=C\C/C=C\CCCCCCC(=O)NC(COP(=O)([O-])OCC[N+](C)(C)C)C(/C=C\CCCCCCCCCCCCC)OC(=O)CCCCCCCCCCCCCCCCC/C=C\C/C=C\CCCCC. The number of quaternary nitrogens is 1. The molecule has 0 aromatic heterocycles. The van der Waals surface area contributed by atoms with Gasteiger partial charge in [-0.05, 0) is 102 Å². The second-order valence-corrected chi connectivity index (χ2v) is 25.7. The van der Waals surface area contributed by atoms with Crippen LogP contribution in [0.1, 0.15) is 316 Å². The molecule has 9 nitrogen and oxygen atoms in total. The number of allylic oxidation sites excluding steroid dienone is 11. The van der Waals surface area contributed by atoms with Crippen molar-refractivity contribution >= 4 is 19.7 Å². The molecule has 3 unspecified atom stereocenters. The van der Waals surface area contributed by atoms with Crippen LogP contribution in [0, 0.1) is 0 Å². The van der Waals surface area contributed by atoms with E-state index >= 15 is 0 Å². The van der Waals surface area contributed by atoms with Gasteiger partial charge in [-0.15, -0.1) is 0 Å². The zero-order chi connectivity index (χ0) is 59.3. The number of nitrogens with zero attached hydrogens (tertiary/aromatic N) is 1. The van der Waals surface area contributed by atoms with Crippen molar-refractivity contribution in [3.8, 4) is 0 Å². The summed E-state index contributed by atoms with van der Waals surface area (Å²) < 4.78 is 30.4. The second-order valence-electron chi connectivity index (χ2n) is 24.3. The van der Waals surface area contributed by atoms with Crippen molar-refractivity contribution in [3.05, 3.63) is 72.9 Å². The van der Waals surface area contributed by atoms with Crippen LogP contribution in [0.25, 0.3) is 0 Å². The number of amides is 1. The van der Waals surface area contributed by atoms with Gasteiger partial charge < -0.3 is 28.5 Å². The fourth-order valence-corrected chi connectivity index (χ4v) is 10.5. The third-order valence-corrected chi connectivity index (χ3v) is 16.1. The van der Waals surface area contributed by atoms with E-state index in [1.54, 1.807) is 0 Å². The minimum Gasteiger partial charge on any atom is -0.756 e. The van der Waals surface area contributed by atoms with Gasteiger partial charge in [0.15, 0.2) is 0 Å². The largest absolute Gasteiger partial charge is 0.756 e. The lowest BCUT2D eigenvalue weighted by Gasteiger charge is -2.30. The third-order valence-electron chi connectivity index (χ3n) is 15.1. The standard InChI is InChI=1S/C71H131N2O7P/c1-7-10-13-16-19-22-25-28-30-32-33-34-35-36-37-38-39-41-43-46-49-52-55-58-61-64-71(75)80-69(62-59-56-53-50-47-44-27-24-21-18-15-12-9-3)68(67-79-81(76,77)78-66-65-73(4,5)6)72-70(74)63-60-57-54-51-48-45-42-40-31-29-26-23-20-17-14-11-8-2/h19-20,22-23,28-31,42,45,59,62,68-69H,7-18,21,24-27,32-41,43-44,46-58,60-61,63-67H2,1-6H3,(H-,72,74,76,77)/b22-19-,23-20-,30-28-,31-29-,45-42-,62-59-. The maximum atomic E-state index is 13.6. The summed E-state index contributed by atoms with van der Waals surface area (Å²) in [5.41, 5.74) is 0. The Kier molecular flexibility index (Phi) is 58.7. The first-order valence-electron chi connectivity index (χ1n) is 34.2. The Morgan fingerprint density at radius 2 is 0.753 bits per heavy atom. The fourth-order valence-electron chi connectivity index (χ4n) is 9.80. The smallest absolute Gasteiger partial charge is 0.306 e. The van der Waals surface area contributed by atoms with Gasteiger partial charge in [0.2, 0.25) is 5.91 Å². The summed E-state index contributed by atoms with van der Waals surface area (Å²) in [6.45, 7) is 6.80. The first-order chi connectivity index (χ1) is 39.4. The minimum atomic E-state index is -4.71. The highest BCUT2D eigenvalue weighted by molar-refractivity contribution is 7.45. The molecule has 0 radical (unpaired) electrons. The van der Waals surface area contributed by atoms with E-state index in [9.17, 15) is 19.0 Å². The topological polar surface area (TPSA) is 114 Å². The average Bonchev–Trinajstić information content (AvgIpc) is 3.44. The zero-order valence-corrected chi connectivity index (χ0v) is 54.9. The van der Waals surface area contributed by atoms with Crippen LogP contribution >= 0.6 is 7.82 Å². The van der Waals surface area contributed by atoms with Gasteiger partial charge in [0.1, 0.15) is 19.3 Å². The lowest BCUT2D eigenvalue weighted by molar-refractivity contribution is -0.870. The van der Waals surface area contributed by atoms with Crippen LogP contribution in [-0.4, -0.2) is 69.4 Å². The highest BCUT2D eigenvalue weighted by Gasteiger charge is 2.27. The van der Waals surface area contributed by atoms with Crippen LogP contribution in [0.3, 0.4) is 0 Å². The molecule has 0 saturated carbocycles. The lowest BCUT2D eigenvalue weighted by Crippen LogP contribution is -2.47. The van der Waals surface area contributed by atoms with Crippen LogP contribution in [-0.2, 0) is 27.9 Å². The van der Waals surface area contributed by atoms with E-state index in [1.807, 2.05) is 33.3 Å². The quantitative estimate of drug-likeness (QED) is 0.0212. The summed E-state index contributed by atoms with van der Waals surface area (Å²) in [6.07, 6.45) is 78.7. The van der Waals surface area contributed by atoms with Crippen LogP contribution in [0.15, 0.2) is 72.9 Å². The molecule has 1 N–H and O–H groups in total. The van der Waals surface area contributed by atoms with Crippen LogP contribution in [0.4, 0.5) is 0 Å². The van der Waals surface area contributed by atoms with Crippen molar-refractivity contribution in [3.63, 3.8) is 0 Å². The molecule has 0 heterocycles. The molecule has 0 bridgehead atoms. The number of phosphoric ester groups is 1. The minimum absolute atomic E-state index is 0.0280. The maximum Gasteiger partial charge on any atom is 0.306 e. The van der Waals surface area contributed by atoms with Crippen LogP contribution in [0.5, 0.6) is 0 Å². The van der Waals surface area contributed by atoms with E-state index in [1.165, 1.54) is 193 Å². The molecule has 0 aromatic carbocycles. The van der Waals surface area contributed by atoms with Gasteiger partial charge in [0.05, 0.1) is 33.8 Å². The van der Waals surface area contributed by atoms with Gasteiger partial charge in [-0.2, -0.15) is 0 Å². The molecule has 0 aliphatic heterocycles. The summed E-state index contributed by atoms with van der Waals surface area (Å²) in [4.78, 5) is 40.1. The van der Waals surface area contributed by atoms with E-state index in [4.69, 9.17) is 13.8 Å². The van der Waals surface area contributed by atoms with E-state index in [-0.39, 0.29) is 24.9 Å². The Hall–Kier alpha value is -2.55. The Morgan fingerprint density at radius 1 is 0.432 bits per heavy atom. The molecule has 472 valence electrons. The van der Waals surface area contributed by atoms with Gasteiger partial charge in [-0.1, -0.05) is 274 Å². The molecule has 81 heavy (non-hydrogen) atoms. The number of carbonyl (C=O) groups is 2. The van der Waals surface area contributed by atoms with Gasteiger partial charge in [-0.3, -0.25) is 14.2 Å². The van der Waals surface area contributed by atoms with Crippen LogP contribution < -0.4 is 10.2 Å². The van der Waals surface area contributed by atoms with Gasteiger partial charge in [-0.25, -0.2) is 0 Å². The number of esters is 1. The Balaban J connectivity index is 5.14. The van der Waals surface area contributed by atoms with Crippen molar-refractivity contribution in [1.29, 1.82) is 0 Å². The van der Waals surface area contributed by atoms with Crippen molar-refractivity contribution in [2.24, 2.45) is 0 Å². The molecule has 3 atom stereocenters. The predicted molar refractivity (Wildman–Crippen MR) is 348 cm³/mol. The molecule has 0 aliphatic rings. The normalized spacial score (nSPS) is 14.0. The van der Waals surface area contributed by atoms with Crippen molar-refractivity contribution in [2.75, 3.05) is 40.9 Å². The molecular weight excluding hydrogens is 1020 g/mol. The number of ether oxygens (including phenoxy) is 1. The molecule has 0 spiro atoms. The Bertz CT molecular complexity index is 1620.